The van der Waals surface area contributed by atoms with Crippen LogP contribution in [0.1, 0.15) is 46.4 Å². The summed E-state index contributed by atoms with van der Waals surface area (Å²) in [5.41, 5.74) is 3.97. The molecule has 0 radical (unpaired) electrons. The van der Waals surface area contributed by atoms with E-state index in [1.165, 1.54) is 18.2 Å². The van der Waals surface area contributed by atoms with Crippen molar-refractivity contribution in [2.75, 3.05) is 0 Å². The van der Waals surface area contributed by atoms with Crippen molar-refractivity contribution in [3.63, 3.8) is 0 Å². The summed E-state index contributed by atoms with van der Waals surface area (Å²) in [6.45, 7) is 2.10. The summed E-state index contributed by atoms with van der Waals surface area (Å²) in [5.74, 6) is 0.595. The van der Waals surface area contributed by atoms with Gasteiger partial charge in [0.05, 0.1) is 25.0 Å². The van der Waals surface area contributed by atoms with Gasteiger partial charge in [0, 0.05) is 25.2 Å². The largest absolute Gasteiger partial charge is 0.467 e. The normalized spacial score (nSPS) is 12.6. The second kappa shape index (κ2) is 7.95. The first-order valence-electron chi connectivity index (χ1n) is 9.65. The zero-order valence-corrected chi connectivity index (χ0v) is 16.6. The molecule has 2 aromatic heterocycles. The van der Waals surface area contributed by atoms with E-state index in [2.05, 4.69) is 5.10 Å². The molecule has 7 nitrogen and oxygen atoms in total. The number of furan rings is 1. The van der Waals surface area contributed by atoms with Crippen LogP contribution in [0.4, 0.5) is 0 Å². The zero-order valence-electron chi connectivity index (χ0n) is 16.6. The molecule has 0 spiro atoms. The zero-order chi connectivity index (χ0) is 20.4. The highest BCUT2D eigenvalue weighted by atomic mass is 16.5. The van der Waals surface area contributed by atoms with E-state index in [0.717, 1.165) is 25.0 Å². The molecule has 1 amide bonds. The van der Waals surface area contributed by atoms with Gasteiger partial charge in [0.15, 0.2) is 0 Å². The number of hydrogen-bond acceptors (Lipinski definition) is 5. The van der Waals surface area contributed by atoms with E-state index in [9.17, 15) is 9.59 Å². The van der Waals surface area contributed by atoms with Crippen LogP contribution >= 0.6 is 0 Å². The number of aromatic nitrogens is 2. The van der Waals surface area contributed by atoms with Crippen molar-refractivity contribution in [2.24, 2.45) is 7.05 Å². The molecule has 2 heterocycles. The van der Waals surface area contributed by atoms with Gasteiger partial charge in [-0.3, -0.25) is 14.3 Å². The summed E-state index contributed by atoms with van der Waals surface area (Å²) < 4.78 is 12.5. The van der Waals surface area contributed by atoms with Gasteiger partial charge in [-0.1, -0.05) is 0 Å². The van der Waals surface area contributed by atoms with Crippen molar-refractivity contribution in [1.29, 1.82) is 0 Å². The van der Waals surface area contributed by atoms with E-state index in [0.29, 0.717) is 30.2 Å². The van der Waals surface area contributed by atoms with Crippen LogP contribution in [0.25, 0.3) is 0 Å². The quantitative estimate of drug-likeness (QED) is 0.474. The number of hydrogen-bond donors (Lipinski definition) is 0. The molecule has 0 fully saturated rings. The Hall–Kier alpha value is -3.35. The van der Waals surface area contributed by atoms with Gasteiger partial charge in [0.2, 0.25) is 0 Å². The predicted molar refractivity (Wildman–Crippen MR) is 105 cm³/mol. The summed E-state index contributed by atoms with van der Waals surface area (Å²) >= 11 is 0. The fourth-order valence-electron chi connectivity index (χ4n) is 3.81. The number of aryl methyl sites for hydroxylation is 1. The van der Waals surface area contributed by atoms with Crippen LogP contribution in [-0.4, -0.2) is 26.6 Å². The lowest BCUT2D eigenvalue weighted by atomic mass is 10.1. The SMILES string of the molecule is CC(=O)Oc1ccc(C(=O)N(Cc2ccco2)Cc2nn(C)c3c2CCC3)cc1. The van der Waals surface area contributed by atoms with Crippen molar-refractivity contribution in [2.45, 2.75) is 39.3 Å². The minimum absolute atomic E-state index is 0.131. The van der Waals surface area contributed by atoms with Crippen molar-refractivity contribution >= 4 is 11.9 Å². The molecule has 0 saturated carbocycles. The predicted octanol–water partition coefficient (Wildman–Crippen LogP) is 3.27. The molecule has 1 aliphatic carbocycles. The van der Waals surface area contributed by atoms with E-state index in [1.807, 2.05) is 23.9 Å². The molecule has 0 aliphatic heterocycles. The molecule has 0 saturated heterocycles. The lowest BCUT2D eigenvalue weighted by Gasteiger charge is -2.21. The average Bonchev–Trinajstić information content (AvgIpc) is 3.42. The van der Waals surface area contributed by atoms with Crippen LogP contribution in [0.15, 0.2) is 47.1 Å². The molecule has 0 unspecified atom stereocenters. The Morgan fingerprint density at radius 1 is 1.17 bits per heavy atom. The highest BCUT2D eigenvalue weighted by Crippen LogP contribution is 2.26. The van der Waals surface area contributed by atoms with E-state index < -0.39 is 5.97 Å². The Morgan fingerprint density at radius 2 is 1.97 bits per heavy atom. The van der Waals surface area contributed by atoms with Gasteiger partial charge in [-0.2, -0.15) is 5.10 Å². The van der Waals surface area contributed by atoms with Gasteiger partial charge in [-0.15, -0.1) is 0 Å². The highest BCUT2D eigenvalue weighted by molar-refractivity contribution is 5.94. The maximum absolute atomic E-state index is 13.3. The topological polar surface area (TPSA) is 77.6 Å². The van der Waals surface area contributed by atoms with Gasteiger partial charge < -0.3 is 14.1 Å². The molecule has 0 N–H and O–H groups in total. The number of ether oxygens (including phenoxy) is 1. The molecular weight excluding hydrogens is 370 g/mol. The Bertz CT molecular complexity index is 1020. The van der Waals surface area contributed by atoms with E-state index >= 15 is 0 Å². The first kappa shape index (κ1) is 19.0. The number of carbonyl (C=O) groups excluding carboxylic acids is 2. The monoisotopic (exact) mass is 393 g/mol. The number of amides is 1. The van der Waals surface area contributed by atoms with Crippen LogP contribution in [0.5, 0.6) is 5.75 Å². The van der Waals surface area contributed by atoms with Gasteiger partial charge in [0.25, 0.3) is 5.91 Å². The third kappa shape index (κ3) is 4.08. The number of esters is 1. The van der Waals surface area contributed by atoms with Gasteiger partial charge in [0.1, 0.15) is 11.5 Å². The molecule has 1 aromatic carbocycles. The Balaban J connectivity index is 1.59. The van der Waals surface area contributed by atoms with Gasteiger partial charge in [-0.05, 0) is 61.2 Å². The summed E-state index contributed by atoms with van der Waals surface area (Å²) in [6, 6.07) is 10.2. The summed E-state index contributed by atoms with van der Waals surface area (Å²) in [4.78, 5) is 26.1. The molecule has 29 heavy (non-hydrogen) atoms. The average molecular weight is 393 g/mol. The lowest BCUT2D eigenvalue weighted by molar-refractivity contribution is -0.131. The molecular formula is C22H23N3O4. The summed E-state index contributed by atoms with van der Waals surface area (Å²) in [6.07, 6.45) is 4.75. The minimum atomic E-state index is -0.396. The van der Waals surface area contributed by atoms with Crippen molar-refractivity contribution < 1.29 is 18.7 Å². The Labute approximate surface area is 168 Å². The number of rotatable bonds is 6. The van der Waals surface area contributed by atoms with Crippen molar-refractivity contribution in [3.8, 4) is 5.75 Å². The molecule has 7 heteroatoms. The van der Waals surface area contributed by atoms with Crippen LogP contribution in [0.3, 0.4) is 0 Å². The van der Waals surface area contributed by atoms with E-state index in [-0.39, 0.29) is 5.91 Å². The summed E-state index contributed by atoms with van der Waals surface area (Å²) in [7, 11) is 1.96. The number of fused-ring (bicyclic) bond motifs is 1. The second-order valence-corrected chi connectivity index (χ2v) is 7.21. The number of benzene rings is 1. The van der Waals surface area contributed by atoms with Gasteiger partial charge >= 0.3 is 5.97 Å². The van der Waals surface area contributed by atoms with Gasteiger partial charge in [-0.25, -0.2) is 0 Å². The van der Waals surface area contributed by atoms with Crippen molar-refractivity contribution in [1.82, 2.24) is 14.7 Å². The fourth-order valence-corrected chi connectivity index (χ4v) is 3.81. The van der Waals surface area contributed by atoms with Crippen molar-refractivity contribution in [3.05, 3.63) is 70.9 Å². The Kier molecular flexibility index (Phi) is 5.20. The van der Waals surface area contributed by atoms with E-state index in [4.69, 9.17) is 9.15 Å². The second-order valence-electron chi connectivity index (χ2n) is 7.21. The fraction of sp³-hybridized carbons (Fsp3) is 0.318. The highest BCUT2D eigenvalue weighted by Gasteiger charge is 2.25. The third-order valence-corrected chi connectivity index (χ3v) is 5.12. The number of carbonyl (C=O) groups is 2. The molecule has 3 aromatic rings. The maximum atomic E-state index is 13.3. The molecule has 0 bridgehead atoms. The molecule has 150 valence electrons. The minimum Gasteiger partial charge on any atom is -0.467 e. The molecule has 4 rings (SSSR count). The smallest absolute Gasteiger partial charge is 0.308 e. The maximum Gasteiger partial charge on any atom is 0.308 e. The first-order chi connectivity index (χ1) is 14.0. The van der Waals surface area contributed by atoms with Crippen LogP contribution in [-0.2, 0) is 37.8 Å². The summed E-state index contributed by atoms with van der Waals surface area (Å²) in [5, 5.41) is 4.66. The third-order valence-electron chi connectivity index (χ3n) is 5.12. The van der Waals surface area contributed by atoms with Crippen LogP contribution < -0.4 is 4.74 Å². The first-order valence-corrected chi connectivity index (χ1v) is 9.65. The van der Waals surface area contributed by atoms with Crippen LogP contribution in [0.2, 0.25) is 0 Å². The van der Waals surface area contributed by atoms with E-state index in [1.54, 1.807) is 35.4 Å². The molecule has 0 atom stereocenters. The number of nitrogens with zero attached hydrogens (tertiary/aromatic N) is 3. The molecule has 1 aliphatic rings. The lowest BCUT2D eigenvalue weighted by Crippen LogP contribution is -2.30. The van der Waals surface area contributed by atoms with Crippen LogP contribution in [0, 0.1) is 0 Å². The standard InChI is InChI=1S/C22H23N3O4/c1-15(26)29-17-10-8-16(9-11-17)22(27)25(13-18-5-4-12-28-18)14-20-19-6-3-7-21(19)24(2)23-20/h4-5,8-12H,3,6-7,13-14H2,1-2H3. The Morgan fingerprint density at radius 3 is 2.66 bits per heavy atom.